The quantitative estimate of drug-likeness (QED) is 0.685. The standard InChI is InChI=1S/C21H26N4O3/c1-21(2)27-12-16(13-28-21)10-25(9-15-6-4-3-5-7-15)11-17-8-22-19-18(17)23-14-24-20(19)26/h3-8,14,16,22H,9-13H2,1-2H3,(H,23,24,26). The van der Waals surface area contributed by atoms with Gasteiger partial charge in [-0.3, -0.25) is 9.69 Å². The van der Waals surface area contributed by atoms with Crippen LogP contribution in [0.1, 0.15) is 25.0 Å². The number of hydrogen-bond acceptors (Lipinski definition) is 5. The summed E-state index contributed by atoms with van der Waals surface area (Å²) < 4.78 is 11.7. The number of fused-ring (bicyclic) bond motifs is 1. The first-order valence-corrected chi connectivity index (χ1v) is 9.58. The summed E-state index contributed by atoms with van der Waals surface area (Å²) in [7, 11) is 0. The van der Waals surface area contributed by atoms with Crippen molar-refractivity contribution in [2.75, 3.05) is 19.8 Å². The van der Waals surface area contributed by atoms with Crippen molar-refractivity contribution in [3.05, 3.63) is 64.3 Å². The molecule has 0 atom stereocenters. The average molecular weight is 382 g/mol. The van der Waals surface area contributed by atoms with Crippen LogP contribution in [0.15, 0.2) is 47.7 Å². The molecule has 3 heterocycles. The molecule has 7 heteroatoms. The minimum atomic E-state index is -0.511. The van der Waals surface area contributed by atoms with Gasteiger partial charge >= 0.3 is 0 Å². The maximum atomic E-state index is 12.0. The van der Waals surface area contributed by atoms with Gasteiger partial charge in [0.25, 0.3) is 5.56 Å². The Kier molecular flexibility index (Phi) is 5.30. The number of nitrogens with zero attached hydrogens (tertiary/aromatic N) is 2. The Morgan fingerprint density at radius 1 is 1.14 bits per heavy atom. The summed E-state index contributed by atoms with van der Waals surface area (Å²) in [6, 6.07) is 10.4. The third-order valence-corrected chi connectivity index (χ3v) is 5.04. The third kappa shape index (κ3) is 4.32. The zero-order valence-electron chi connectivity index (χ0n) is 16.3. The van der Waals surface area contributed by atoms with Crippen molar-refractivity contribution >= 4 is 11.0 Å². The van der Waals surface area contributed by atoms with Crippen LogP contribution >= 0.6 is 0 Å². The number of aromatic nitrogens is 3. The number of nitrogens with one attached hydrogen (secondary N) is 2. The van der Waals surface area contributed by atoms with Crippen LogP contribution in [0.4, 0.5) is 0 Å². The Morgan fingerprint density at radius 2 is 1.89 bits per heavy atom. The third-order valence-electron chi connectivity index (χ3n) is 5.04. The number of aromatic amines is 2. The molecule has 0 bridgehead atoms. The van der Waals surface area contributed by atoms with Gasteiger partial charge in [0.15, 0.2) is 5.79 Å². The monoisotopic (exact) mass is 382 g/mol. The molecular formula is C21H26N4O3. The first kappa shape index (κ1) is 18.9. The van der Waals surface area contributed by atoms with E-state index in [9.17, 15) is 4.79 Å². The predicted molar refractivity (Wildman–Crippen MR) is 107 cm³/mol. The fourth-order valence-electron chi connectivity index (χ4n) is 3.59. The molecule has 4 rings (SSSR count). The molecule has 1 saturated heterocycles. The Balaban J connectivity index is 1.54. The highest BCUT2D eigenvalue weighted by Gasteiger charge is 2.29. The highest BCUT2D eigenvalue weighted by atomic mass is 16.7. The van der Waals surface area contributed by atoms with Gasteiger partial charge in [-0.25, -0.2) is 4.98 Å². The molecule has 148 valence electrons. The van der Waals surface area contributed by atoms with Crippen LogP contribution in [0.5, 0.6) is 0 Å². The fourth-order valence-corrected chi connectivity index (χ4v) is 3.59. The molecule has 7 nitrogen and oxygen atoms in total. The second-order valence-corrected chi connectivity index (χ2v) is 7.81. The molecule has 0 aliphatic carbocycles. The molecule has 2 N–H and O–H groups in total. The minimum absolute atomic E-state index is 0.151. The zero-order chi connectivity index (χ0) is 19.6. The highest BCUT2D eigenvalue weighted by Crippen LogP contribution is 2.23. The number of hydrogen-bond donors (Lipinski definition) is 2. The van der Waals surface area contributed by atoms with Crippen LogP contribution in [0.2, 0.25) is 0 Å². The van der Waals surface area contributed by atoms with E-state index in [2.05, 4.69) is 44.1 Å². The van der Waals surface area contributed by atoms with Crippen LogP contribution in [-0.4, -0.2) is 45.4 Å². The van der Waals surface area contributed by atoms with Gasteiger partial charge in [0.05, 0.1) is 25.1 Å². The summed E-state index contributed by atoms with van der Waals surface area (Å²) in [5.41, 5.74) is 3.34. The van der Waals surface area contributed by atoms with Crippen molar-refractivity contribution in [3.8, 4) is 0 Å². The van der Waals surface area contributed by atoms with Crippen LogP contribution in [-0.2, 0) is 22.6 Å². The maximum absolute atomic E-state index is 12.0. The van der Waals surface area contributed by atoms with Crippen LogP contribution < -0.4 is 5.56 Å². The molecule has 1 fully saturated rings. The van der Waals surface area contributed by atoms with E-state index in [1.54, 1.807) is 0 Å². The van der Waals surface area contributed by atoms with E-state index in [-0.39, 0.29) is 5.56 Å². The molecule has 28 heavy (non-hydrogen) atoms. The first-order valence-electron chi connectivity index (χ1n) is 9.58. The molecule has 2 aromatic heterocycles. The summed E-state index contributed by atoms with van der Waals surface area (Å²) >= 11 is 0. The van der Waals surface area contributed by atoms with Gasteiger partial charge in [-0.1, -0.05) is 30.3 Å². The van der Waals surface area contributed by atoms with Crippen LogP contribution in [0.25, 0.3) is 11.0 Å². The lowest BCUT2D eigenvalue weighted by Gasteiger charge is -2.37. The predicted octanol–water partition coefficient (Wildman–Crippen LogP) is 2.65. The van der Waals surface area contributed by atoms with E-state index < -0.39 is 5.79 Å². The number of H-pyrrole nitrogens is 2. The Morgan fingerprint density at radius 3 is 2.64 bits per heavy atom. The molecule has 1 aliphatic rings. The highest BCUT2D eigenvalue weighted by molar-refractivity contribution is 5.77. The maximum Gasteiger partial charge on any atom is 0.275 e. The molecule has 0 radical (unpaired) electrons. The van der Waals surface area contributed by atoms with E-state index in [1.165, 1.54) is 11.9 Å². The van der Waals surface area contributed by atoms with Crippen molar-refractivity contribution in [2.45, 2.75) is 32.7 Å². The van der Waals surface area contributed by atoms with Gasteiger partial charge in [0.2, 0.25) is 0 Å². The van der Waals surface area contributed by atoms with Gasteiger partial charge < -0.3 is 19.4 Å². The van der Waals surface area contributed by atoms with Gasteiger partial charge in [0, 0.05) is 37.3 Å². The number of benzene rings is 1. The summed E-state index contributed by atoms with van der Waals surface area (Å²) in [6.45, 7) is 7.55. The van der Waals surface area contributed by atoms with Gasteiger partial charge in [-0.05, 0) is 19.4 Å². The summed E-state index contributed by atoms with van der Waals surface area (Å²) in [6.07, 6.45) is 3.33. The smallest absolute Gasteiger partial charge is 0.275 e. The Bertz CT molecular complexity index is 970. The van der Waals surface area contributed by atoms with Crippen molar-refractivity contribution in [1.29, 1.82) is 0 Å². The summed E-state index contributed by atoms with van der Waals surface area (Å²) in [4.78, 5) is 24.4. The van der Waals surface area contributed by atoms with Gasteiger partial charge in [-0.15, -0.1) is 0 Å². The second kappa shape index (κ2) is 7.87. The topological polar surface area (TPSA) is 83.2 Å². The lowest BCUT2D eigenvalue weighted by Crippen LogP contribution is -2.43. The molecule has 0 saturated carbocycles. The normalized spacial score (nSPS) is 17.4. The Hall–Kier alpha value is -2.48. The molecule has 0 spiro atoms. The van der Waals surface area contributed by atoms with Crippen molar-refractivity contribution in [1.82, 2.24) is 19.9 Å². The number of ether oxygens (including phenoxy) is 2. The lowest BCUT2D eigenvalue weighted by atomic mass is 10.1. The SMILES string of the molecule is CC1(C)OCC(CN(Cc2ccccc2)Cc2c[nH]c3c(=O)[nH]cnc23)CO1. The van der Waals surface area contributed by atoms with Gasteiger partial charge in [-0.2, -0.15) is 0 Å². The van der Waals surface area contributed by atoms with Crippen molar-refractivity contribution in [2.24, 2.45) is 5.92 Å². The van der Waals surface area contributed by atoms with Crippen molar-refractivity contribution in [3.63, 3.8) is 0 Å². The van der Waals surface area contributed by atoms with Gasteiger partial charge in [0.1, 0.15) is 5.52 Å². The van der Waals surface area contributed by atoms with E-state index >= 15 is 0 Å². The molecule has 0 unspecified atom stereocenters. The van der Waals surface area contributed by atoms with E-state index in [4.69, 9.17) is 9.47 Å². The molecule has 0 amide bonds. The van der Waals surface area contributed by atoms with E-state index in [1.807, 2.05) is 26.1 Å². The molecule has 1 aromatic carbocycles. The largest absolute Gasteiger partial charge is 0.355 e. The summed E-state index contributed by atoms with van der Waals surface area (Å²) in [5, 5.41) is 0. The van der Waals surface area contributed by atoms with E-state index in [0.29, 0.717) is 31.2 Å². The Labute approximate surface area is 163 Å². The van der Waals surface area contributed by atoms with Crippen LogP contribution in [0, 0.1) is 5.92 Å². The summed E-state index contributed by atoms with van der Waals surface area (Å²) in [5.74, 6) is -0.221. The molecule has 3 aromatic rings. The molecule has 1 aliphatic heterocycles. The average Bonchev–Trinajstić information content (AvgIpc) is 3.08. The lowest BCUT2D eigenvalue weighted by molar-refractivity contribution is -0.263. The van der Waals surface area contributed by atoms with Crippen LogP contribution in [0.3, 0.4) is 0 Å². The zero-order valence-corrected chi connectivity index (χ0v) is 16.3. The first-order chi connectivity index (χ1) is 13.5. The second-order valence-electron chi connectivity index (χ2n) is 7.81. The molecular weight excluding hydrogens is 356 g/mol. The fraction of sp³-hybridized carbons (Fsp3) is 0.429. The van der Waals surface area contributed by atoms with Crippen molar-refractivity contribution < 1.29 is 9.47 Å². The van der Waals surface area contributed by atoms with E-state index in [0.717, 1.165) is 24.2 Å². The number of rotatable bonds is 6. The minimum Gasteiger partial charge on any atom is -0.355 e.